The van der Waals surface area contributed by atoms with Crippen LogP contribution >= 0.6 is 0 Å². The molecule has 5 nitrogen and oxygen atoms in total. The molecule has 0 saturated heterocycles. The van der Waals surface area contributed by atoms with Crippen LogP contribution in [-0.2, 0) is 16.4 Å². The zero-order valence-corrected chi connectivity index (χ0v) is 18.5. The van der Waals surface area contributed by atoms with Gasteiger partial charge in [0.15, 0.2) is 15.6 Å². The summed E-state index contributed by atoms with van der Waals surface area (Å²) in [7, 11) is 2.35. The number of pyridine rings is 1. The van der Waals surface area contributed by atoms with Crippen molar-refractivity contribution >= 4 is 23.1 Å². The van der Waals surface area contributed by atoms with E-state index in [-0.39, 0.29) is 28.4 Å². The van der Waals surface area contributed by atoms with Crippen molar-refractivity contribution in [3.05, 3.63) is 71.4 Å². The largest absolute Gasteiger partial charge is 0.486 e. The van der Waals surface area contributed by atoms with Crippen molar-refractivity contribution in [1.29, 1.82) is 0 Å². The minimum absolute atomic E-state index is 0.129. The fourth-order valence-electron chi connectivity index (χ4n) is 3.64. The van der Waals surface area contributed by atoms with Crippen molar-refractivity contribution in [1.82, 2.24) is 4.98 Å². The van der Waals surface area contributed by atoms with Gasteiger partial charge in [0.1, 0.15) is 25.1 Å². The van der Waals surface area contributed by atoms with Gasteiger partial charge < -0.3 is 9.47 Å². The molecule has 2 aromatic carbocycles. The van der Waals surface area contributed by atoms with Crippen LogP contribution in [0.2, 0.25) is 0 Å². The van der Waals surface area contributed by atoms with Gasteiger partial charge in [-0.05, 0) is 43.4 Å². The van der Waals surface area contributed by atoms with Crippen molar-refractivity contribution in [2.24, 2.45) is 0 Å². The third-order valence-electron chi connectivity index (χ3n) is 5.53. The molecule has 31 heavy (non-hydrogen) atoms. The molecule has 1 aliphatic rings. The minimum Gasteiger partial charge on any atom is -0.486 e. The van der Waals surface area contributed by atoms with Gasteiger partial charge in [0.2, 0.25) is 5.88 Å². The van der Waals surface area contributed by atoms with Crippen molar-refractivity contribution in [3.8, 4) is 17.4 Å². The Bertz CT molecular complexity index is 1170. The van der Waals surface area contributed by atoms with E-state index in [1.165, 1.54) is 12.3 Å². The molecule has 0 spiro atoms. The molecule has 7 heteroatoms. The normalized spacial score (nSPS) is 14.1. The van der Waals surface area contributed by atoms with Gasteiger partial charge in [-0.1, -0.05) is 54.3 Å². The van der Waals surface area contributed by atoms with Crippen molar-refractivity contribution < 1.29 is 17.9 Å². The molecule has 0 N–H and O–H groups in total. The van der Waals surface area contributed by atoms with Gasteiger partial charge in [-0.2, -0.15) is 0 Å². The van der Waals surface area contributed by atoms with E-state index in [0.29, 0.717) is 24.1 Å². The molecule has 1 aromatic heterocycles. The second-order valence-corrected chi connectivity index (χ2v) is 10.1. The molecule has 1 saturated carbocycles. The highest BCUT2D eigenvalue weighted by Gasteiger charge is 2.35. The Morgan fingerprint density at radius 2 is 1.74 bits per heavy atom. The second kappa shape index (κ2) is 8.75. The number of nitrogens with zero attached hydrogens (tertiary/aromatic N) is 1. The van der Waals surface area contributed by atoms with E-state index >= 15 is 0 Å². The van der Waals surface area contributed by atoms with E-state index in [9.17, 15) is 8.42 Å². The fourth-order valence-corrected chi connectivity index (χ4v) is 5.61. The van der Waals surface area contributed by atoms with E-state index in [1.807, 2.05) is 56.3 Å². The predicted molar refractivity (Wildman–Crippen MR) is 121 cm³/mol. The summed E-state index contributed by atoms with van der Waals surface area (Å²) in [4.78, 5) is 4.45. The number of aryl methyl sites for hydroxylation is 2. The number of ether oxygens (including phenoxy) is 2. The highest BCUT2D eigenvalue weighted by molar-refractivity contribution is 7.92. The summed E-state index contributed by atoms with van der Waals surface area (Å²) in [5.41, 5.74) is 3.30. The lowest BCUT2D eigenvalue weighted by Crippen LogP contribution is -2.28. The highest BCUT2D eigenvalue weighted by Crippen LogP contribution is 2.38. The van der Waals surface area contributed by atoms with Crippen LogP contribution in [0, 0.1) is 13.8 Å². The van der Waals surface area contributed by atoms with Crippen molar-refractivity contribution in [3.63, 3.8) is 0 Å². The van der Waals surface area contributed by atoms with Crippen molar-refractivity contribution in [2.75, 3.05) is 0 Å². The third kappa shape index (κ3) is 4.61. The van der Waals surface area contributed by atoms with Gasteiger partial charge in [-0.25, -0.2) is 13.4 Å². The molecule has 1 fully saturated rings. The Balaban J connectivity index is 1.68. The summed E-state index contributed by atoms with van der Waals surface area (Å²) >= 11 is 0. The summed E-state index contributed by atoms with van der Waals surface area (Å²) in [6.07, 6.45) is 3.68. The van der Waals surface area contributed by atoms with Crippen LogP contribution in [0.25, 0.3) is 0 Å². The average molecular weight is 433 g/mol. The Morgan fingerprint density at radius 3 is 2.35 bits per heavy atom. The first-order valence-electron chi connectivity index (χ1n) is 10.3. The van der Waals surface area contributed by atoms with Gasteiger partial charge in [-0.15, -0.1) is 0 Å². The minimum atomic E-state index is -3.54. The Morgan fingerprint density at radius 1 is 1.06 bits per heavy atom. The van der Waals surface area contributed by atoms with E-state index < -0.39 is 9.84 Å². The third-order valence-corrected chi connectivity index (χ3v) is 7.81. The second-order valence-electron chi connectivity index (χ2n) is 7.93. The molecular formula is C24H24BNO4S. The zero-order valence-electron chi connectivity index (χ0n) is 17.7. The molecule has 1 aliphatic carbocycles. The molecule has 3 aromatic rings. The lowest BCUT2D eigenvalue weighted by molar-refractivity contribution is 0.294. The van der Waals surface area contributed by atoms with E-state index in [0.717, 1.165) is 23.1 Å². The molecule has 4 rings (SSSR count). The topological polar surface area (TPSA) is 65.5 Å². The average Bonchev–Trinajstić information content (AvgIpc) is 2.68. The van der Waals surface area contributed by atoms with Gasteiger partial charge in [-0.3, -0.25) is 0 Å². The van der Waals surface area contributed by atoms with E-state index in [1.54, 1.807) is 0 Å². The summed E-state index contributed by atoms with van der Waals surface area (Å²) in [5, 5.41) is -0.387. The molecule has 2 radical (unpaired) electrons. The SMILES string of the molecule is [B]c1cc(C)c(Oc2cc(S(=O)(=O)C3CCC3)c(OCc3ccccc3)cn2)c(C)c1. The number of aromatic nitrogens is 1. The predicted octanol–water partition coefficient (Wildman–Crippen LogP) is 4.19. The molecule has 0 aliphatic heterocycles. The monoisotopic (exact) mass is 433 g/mol. The molecule has 0 bridgehead atoms. The first-order valence-corrected chi connectivity index (χ1v) is 11.8. The quantitative estimate of drug-likeness (QED) is 0.523. The molecule has 1 heterocycles. The van der Waals surface area contributed by atoms with E-state index in [4.69, 9.17) is 17.3 Å². The summed E-state index contributed by atoms with van der Waals surface area (Å²) in [5.74, 6) is 1.07. The number of rotatable bonds is 7. The van der Waals surface area contributed by atoms with Crippen LogP contribution in [0.5, 0.6) is 17.4 Å². The van der Waals surface area contributed by atoms with Crippen LogP contribution in [0.15, 0.2) is 59.6 Å². The highest BCUT2D eigenvalue weighted by atomic mass is 32.2. The lowest BCUT2D eigenvalue weighted by Gasteiger charge is -2.26. The Kier molecular flexibility index (Phi) is 6.05. The maximum absolute atomic E-state index is 13.2. The van der Waals surface area contributed by atoms with Gasteiger partial charge in [0.25, 0.3) is 0 Å². The lowest BCUT2D eigenvalue weighted by atomic mass is 9.92. The van der Waals surface area contributed by atoms with Gasteiger partial charge >= 0.3 is 0 Å². The van der Waals surface area contributed by atoms with Crippen LogP contribution in [0.4, 0.5) is 0 Å². The summed E-state index contributed by atoms with van der Waals surface area (Å²) in [6.45, 7) is 4.04. The maximum Gasteiger partial charge on any atom is 0.220 e. The van der Waals surface area contributed by atoms with Crippen LogP contribution in [0.1, 0.15) is 36.0 Å². The van der Waals surface area contributed by atoms with Crippen LogP contribution < -0.4 is 14.9 Å². The molecule has 0 unspecified atom stereocenters. The van der Waals surface area contributed by atoms with E-state index in [2.05, 4.69) is 4.98 Å². The first kappa shape index (κ1) is 21.4. The number of hydrogen-bond donors (Lipinski definition) is 0. The summed E-state index contributed by atoms with van der Waals surface area (Å²) < 4.78 is 38.4. The van der Waals surface area contributed by atoms with Crippen LogP contribution in [0.3, 0.4) is 0 Å². The molecule has 158 valence electrons. The number of hydrogen-bond acceptors (Lipinski definition) is 5. The first-order chi connectivity index (χ1) is 14.8. The number of benzene rings is 2. The van der Waals surface area contributed by atoms with Crippen LogP contribution in [-0.4, -0.2) is 26.5 Å². The molecule has 0 atom stereocenters. The fraction of sp³-hybridized carbons (Fsp3) is 0.292. The van der Waals surface area contributed by atoms with Gasteiger partial charge in [0, 0.05) is 6.07 Å². The summed E-state index contributed by atoms with van der Waals surface area (Å²) in [6, 6.07) is 14.7. The maximum atomic E-state index is 13.2. The number of sulfone groups is 1. The zero-order chi connectivity index (χ0) is 22.0. The Hall–Kier alpha value is -2.80. The molecule has 0 amide bonds. The standard InChI is InChI=1S/C24H24BNO4S/c1-16-11-19(25)12-17(2)24(16)30-23-13-22(31(27,28)20-9-6-10-20)21(14-26-23)29-15-18-7-4-3-5-8-18/h3-5,7-8,11-14,20H,6,9-10,15H2,1-2H3. The Labute approximate surface area is 184 Å². The smallest absolute Gasteiger partial charge is 0.220 e. The van der Waals surface area contributed by atoms with Crippen molar-refractivity contribution in [2.45, 2.75) is 49.9 Å². The van der Waals surface area contributed by atoms with Gasteiger partial charge in [0.05, 0.1) is 11.4 Å². The molecular weight excluding hydrogens is 409 g/mol.